The lowest BCUT2D eigenvalue weighted by molar-refractivity contribution is 0.128. The van der Waals surface area contributed by atoms with Crippen molar-refractivity contribution < 1.29 is 9.13 Å². The van der Waals surface area contributed by atoms with Gasteiger partial charge in [0.2, 0.25) is 0 Å². The minimum Gasteiger partial charge on any atom is -0.383 e. The number of nitrogens with zero attached hydrogens (tertiary/aromatic N) is 3. The average Bonchev–Trinajstić information content (AvgIpc) is 2.70. The Morgan fingerprint density at radius 3 is 2.75 bits per heavy atom. The minimum atomic E-state index is -0.315. The van der Waals surface area contributed by atoms with Gasteiger partial charge in [-0.15, -0.1) is 0 Å². The molecule has 3 aromatic rings. The molecule has 1 aliphatic rings. The molecule has 0 spiro atoms. The monoisotopic (exact) mass is 377 g/mol. The Balaban J connectivity index is 1.67. The van der Waals surface area contributed by atoms with E-state index >= 15 is 0 Å². The Morgan fingerprint density at radius 1 is 1.14 bits per heavy atom. The summed E-state index contributed by atoms with van der Waals surface area (Å²) < 4.78 is 20.2. The van der Waals surface area contributed by atoms with Crippen molar-refractivity contribution in [2.75, 3.05) is 26.8 Å². The third-order valence-corrected chi connectivity index (χ3v) is 4.83. The number of benzene rings is 2. The van der Waals surface area contributed by atoms with Crippen LogP contribution in [0.15, 0.2) is 47.3 Å². The number of hydrogen-bond acceptors (Lipinski definition) is 4. The number of hydrogen-bond donors (Lipinski definition) is 0. The van der Waals surface area contributed by atoms with Crippen molar-refractivity contribution in [2.24, 2.45) is 0 Å². The molecule has 0 fully saturated rings. The summed E-state index contributed by atoms with van der Waals surface area (Å²) in [7, 11) is 1.68. The summed E-state index contributed by atoms with van der Waals surface area (Å²) in [5.74, 6) is 6.42. The maximum atomic E-state index is 13.3. The summed E-state index contributed by atoms with van der Waals surface area (Å²) in [5, 5.41) is 0.588. The first kappa shape index (κ1) is 18.4. The normalized spacial score (nSPS) is 13.8. The van der Waals surface area contributed by atoms with Crippen LogP contribution < -0.4 is 5.56 Å². The maximum absolute atomic E-state index is 13.3. The van der Waals surface area contributed by atoms with Gasteiger partial charge in [0.25, 0.3) is 5.56 Å². The molecule has 0 amide bonds. The van der Waals surface area contributed by atoms with Gasteiger partial charge in [0.15, 0.2) is 0 Å². The summed E-state index contributed by atoms with van der Waals surface area (Å²) in [6.45, 7) is 3.51. The van der Waals surface area contributed by atoms with E-state index < -0.39 is 0 Å². The van der Waals surface area contributed by atoms with Crippen LogP contribution in [-0.2, 0) is 17.8 Å². The van der Waals surface area contributed by atoms with Gasteiger partial charge >= 0.3 is 0 Å². The molecule has 2 heterocycles. The molecule has 28 heavy (non-hydrogen) atoms. The smallest absolute Gasteiger partial charge is 0.261 e. The SMILES string of the molecule is COCCN1CCn2c(nc3cc(C#Cc4cccc(F)c4)ccc3c2=O)C1. The highest BCUT2D eigenvalue weighted by molar-refractivity contribution is 5.79. The van der Waals surface area contributed by atoms with Crippen molar-refractivity contribution in [2.45, 2.75) is 13.1 Å². The summed E-state index contributed by atoms with van der Waals surface area (Å²) in [5.41, 5.74) is 1.96. The lowest BCUT2D eigenvalue weighted by Crippen LogP contribution is -2.41. The first-order chi connectivity index (χ1) is 13.6. The van der Waals surface area contributed by atoms with E-state index in [1.54, 1.807) is 35.9 Å². The van der Waals surface area contributed by atoms with Crippen molar-refractivity contribution >= 4 is 10.9 Å². The third kappa shape index (κ3) is 3.81. The third-order valence-electron chi connectivity index (χ3n) is 4.83. The molecular formula is C22H20FN3O2. The van der Waals surface area contributed by atoms with Crippen LogP contribution >= 0.6 is 0 Å². The second-order valence-corrected chi connectivity index (χ2v) is 6.75. The largest absolute Gasteiger partial charge is 0.383 e. The van der Waals surface area contributed by atoms with Gasteiger partial charge in [0, 0.05) is 37.9 Å². The molecule has 0 saturated heterocycles. The first-order valence-electron chi connectivity index (χ1n) is 9.16. The average molecular weight is 377 g/mol. The van der Waals surface area contributed by atoms with Crippen LogP contribution in [0.25, 0.3) is 10.9 Å². The van der Waals surface area contributed by atoms with Crippen LogP contribution in [0.5, 0.6) is 0 Å². The standard InChI is InChI=1S/C22H20FN3O2/c1-28-12-11-25-9-10-26-21(15-25)24-20-14-17(7-8-19(20)22(26)27)6-5-16-3-2-4-18(23)13-16/h2-4,7-8,13-14H,9-12,15H2,1H3. The second-order valence-electron chi connectivity index (χ2n) is 6.75. The molecule has 0 saturated carbocycles. The van der Waals surface area contributed by atoms with Gasteiger partial charge < -0.3 is 4.74 Å². The van der Waals surface area contributed by atoms with Crippen LogP contribution in [0.3, 0.4) is 0 Å². The van der Waals surface area contributed by atoms with Gasteiger partial charge in [-0.1, -0.05) is 17.9 Å². The van der Waals surface area contributed by atoms with Crippen LogP contribution in [-0.4, -0.2) is 41.3 Å². The lowest BCUT2D eigenvalue weighted by Gasteiger charge is -2.28. The van der Waals surface area contributed by atoms with Gasteiger partial charge in [-0.05, 0) is 36.4 Å². The fraction of sp³-hybridized carbons (Fsp3) is 0.273. The zero-order chi connectivity index (χ0) is 19.5. The Hall–Kier alpha value is -3.01. The molecule has 0 radical (unpaired) electrons. The van der Waals surface area contributed by atoms with Crippen LogP contribution in [0.2, 0.25) is 0 Å². The summed E-state index contributed by atoms with van der Waals surface area (Å²) in [6, 6.07) is 11.6. The molecular weight excluding hydrogens is 357 g/mol. The van der Waals surface area contributed by atoms with E-state index in [1.807, 2.05) is 6.07 Å². The molecule has 0 N–H and O–H groups in total. The van der Waals surface area contributed by atoms with Gasteiger partial charge in [-0.25, -0.2) is 9.37 Å². The van der Waals surface area contributed by atoms with Crippen molar-refractivity contribution in [3.63, 3.8) is 0 Å². The summed E-state index contributed by atoms with van der Waals surface area (Å²) in [4.78, 5) is 19.8. The van der Waals surface area contributed by atoms with Crippen molar-refractivity contribution in [3.8, 4) is 11.8 Å². The highest BCUT2D eigenvalue weighted by Crippen LogP contribution is 2.15. The number of aromatic nitrogens is 2. The molecule has 6 heteroatoms. The van der Waals surface area contributed by atoms with Gasteiger partial charge in [-0.3, -0.25) is 14.3 Å². The van der Waals surface area contributed by atoms with Crippen LogP contribution in [0, 0.1) is 17.7 Å². The quantitative estimate of drug-likeness (QED) is 0.658. The maximum Gasteiger partial charge on any atom is 0.261 e. The molecule has 0 atom stereocenters. The lowest BCUT2D eigenvalue weighted by atomic mass is 10.1. The number of fused-ring (bicyclic) bond motifs is 2. The Morgan fingerprint density at radius 2 is 1.96 bits per heavy atom. The molecule has 4 rings (SSSR count). The molecule has 5 nitrogen and oxygen atoms in total. The summed E-state index contributed by atoms with van der Waals surface area (Å²) in [6.07, 6.45) is 0. The van der Waals surface area contributed by atoms with E-state index in [9.17, 15) is 9.18 Å². The van der Waals surface area contributed by atoms with Gasteiger partial charge in [0.05, 0.1) is 24.1 Å². The fourth-order valence-corrected chi connectivity index (χ4v) is 3.34. The predicted molar refractivity (Wildman–Crippen MR) is 106 cm³/mol. The van der Waals surface area contributed by atoms with Crippen LogP contribution in [0.4, 0.5) is 4.39 Å². The molecule has 2 aromatic carbocycles. The molecule has 0 aliphatic carbocycles. The minimum absolute atomic E-state index is 0.0176. The molecule has 142 valence electrons. The van der Waals surface area contributed by atoms with Crippen molar-refractivity contribution in [3.05, 3.63) is 75.6 Å². The van der Waals surface area contributed by atoms with E-state index in [0.29, 0.717) is 36.2 Å². The number of methoxy groups -OCH3 is 1. The highest BCUT2D eigenvalue weighted by Gasteiger charge is 2.19. The number of rotatable bonds is 3. The van der Waals surface area contributed by atoms with E-state index in [-0.39, 0.29) is 11.4 Å². The van der Waals surface area contributed by atoms with E-state index in [0.717, 1.165) is 24.5 Å². The number of halogens is 1. The molecule has 1 aliphatic heterocycles. The van der Waals surface area contributed by atoms with E-state index in [2.05, 4.69) is 16.7 Å². The topological polar surface area (TPSA) is 47.4 Å². The number of ether oxygens (including phenoxy) is 1. The summed E-state index contributed by atoms with van der Waals surface area (Å²) >= 11 is 0. The Kier molecular flexibility index (Phi) is 5.20. The fourth-order valence-electron chi connectivity index (χ4n) is 3.34. The first-order valence-corrected chi connectivity index (χ1v) is 9.16. The molecule has 1 aromatic heterocycles. The van der Waals surface area contributed by atoms with Crippen molar-refractivity contribution in [1.29, 1.82) is 0 Å². The second kappa shape index (κ2) is 7.93. The van der Waals surface area contributed by atoms with Gasteiger partial charge in [0.1, 0.15) is 11.6 Å². The predicted octanol–water partition coefficient (Wildman–Crippen LogP) is 2.40. The van der Waals surface area contributed by atoms with Crippen LogP contribution in [0.1, 0.15) is 17.0 Å². The van der Waals surface area contributed by atoms with Crippen molar-refractivity contribution in [1.82, 2.24) is 14.5 Å². The van der Waals surface area contributed by atoms with Gasteiger partial charge in [-0.2, -0.15) is 0 Å². The Labute approximate surface area is 162 Å². The Bertz CT molecular complexity index is 1140. The van der Waals surface area contributed by atoms with E-state index in [1.165, 1.54) is 12.1 Å². The highest BCUT2D eigenvalue weighted by atomic mass is 19.1. The molecule has 0 unspecified atom stereocenters. The zero-order valence-electron chi connectivity index (χ0n) is 15.6. The van der Waals surface area contributed by atoms with E-state index in [4.69, 9.17) is 9.72 Å². The molecule has 0 bridgehead atoms. The zero-order valence-corrected chi connectivity index (χ0v) is 15.6.